The molecule has 4 nitrogen and oxygen atoms in total. The number of rotatable bonds is 2. The van der Waals surface area contributed by atoms with Gasteiger partial charge in [0.1, 0.15) is 17.1 Å². The third-order valence-corrected chi connectivity index (χ3v) is 2.87. The largest absolute Gasteiger partial charge is 0.481 e. The van der Waals surface area contributed by atoms with Crippen LogP contribution in [0.3, 0.4) is 0 Å². The maximum Gasteiger partial charge on any atom is 0.306 e. The molecule has 2 N–H and O–H groups in total. The molecule has 1 unspecified atom stereocenters. The summed E-state index contributed by atoms with van der Waals surface area (Å²) in [6, 6.07) is 1.75. The second-order valence-electron chi connectivity index (χ2n) is 4.15. The topological polar surface area (TPSA) is 70.7 Å². The Balaban J connectivity index is 2.39. The molecular weight excluding hydrogens is 196 g/mol. The van der Waals surface area contributed by atoms with Crippen LogP contribution in [0.25, 0.3) is 0 Å². The van der Waals surface area contributed by atoms with Crippen molar-refractivity contribution < 1.29 is 19.4 Å². The number of aryl methyl sites for hydroxylation is 2. The summed E-state index contributed by atoms with van der Waals surface area (Å²) in [5.74, 6) is 0.484. The van der Waals surface area contributed by atoms with E-state index in [9.17, 15) is 9.90 Å². The average Bonchev–Trinajstić information content (AvgIpc) is 2.45. The van der Waals surface area contributed by atoms with Crippen LogP contribution in [0.5, 0.6) is 0 Å². The van der Waals surface area contributed by atoms with Crippen LogP contribution in [0.2, 0.25) is 0 Å². The Morgan fingerprint density at radius 2 is 2.40 bits per heavy atom. The number of hydrogen-bond acceptors (Lipinski definition) is 3. The average molecular weight is 210 g/mol. The first-order valence-electron chi connectivity index (χ1n) is 5.05. The molecule has 0 fully saturated rings. The molecule has 1 atom stereocenters. The van der Waals surface area contributed by atoms with E-state index >= 15 is 0 Å². The second kappa shape index (κ2) is 3.38. The van der Waals surface area contributed by atoms with Gasteiger partial charge in [-0.15, -0.1) is 0 Å². The van der Waals surface area contributed by atoms with Gasteiger partial charge in [0.2, 0.25) is 0 Å². The van der Waals surface area contributed by atoms with Gasteiger partial charge in [-0.25, -0.2) is 0 Å². The summed E-state index contributed by atoms with van der Waals surface area (Å²) in [6.07, 6.45) is 1.79. The van der Waals surface area contributed by atoms with Crippen LogP contribution in [0.4, 0.5) is 0 Å². The fourth-order valence-corrected chi connectivity index (χ4v) is 2.25. The van der Waals surface area contributed by atoms with Gasteiger partial charge in [0.05, 0.1) is 6.42 Å². The minimum atomic E-state index is -1.24. The Morgan fingerprint density at radius 1 is 1.67 bits per heavy atom. The van der Waals surface area contributed by atoms with E-state index < -0.39 is 11.6 Å². The molecule has 0 radical (unpaired) electrons. The van der Waals surface area contributed by atoms with Crippen LogP contribution in [-0.2, 0) is 16.8 Å². The first-order chi connectivity index (χ1) is 7.01. The standard InChI is InChI=1S/C11H14O4/c1-7-5-8-9(15-7)3-2-4-11(8,14)6-10(12)13/h5,14H,2-4,6H2,1H3,(H,12,13). The number of carboxylic acid groups (broad SMARTS) is 1. The number of aliphatic hydroxyl groups is 1. The molecule has 2 rings (SSSR count). The van der Waals surface area contributed by atoms with E-state index in [-0.39, 0.29) is 6.42 Å². The Bertz CT molecular complexity index is 393. The SMILES string of the molecule is Cc1cc2c(o1)CCCC2(O)CC(=O)O. The molecular formula is C11H14O4. The summed E-state index contributed by atoms with van der Waals surface area (Å²) in [5.41, 5.74) is -0.578. The fourth-order valence-electron chi connectivity index (χ4n) is 2.25. The van der Waals surface area contributed by atoms with Crippen LogP contribution in [0.15, 0.2) is 10.5 Å². The summed E-state index contributed by atoms with van der Waals surface area (Å²) in [5, 5.41) is 19.0. The molecule has 0 aliphatic heterocycles. The van der Waals surface area contributed by atoms with Gasteiger partial charge < -0.3 is 14.6 Å². The number of carboxylic acids is 1. The van der Waals surface area contributed by atoms with Gasteiger partial charge in [0, 0.05) is 12.0 Å². The number of fused-ring (bicyclic) bond motifs is 1. The molecule has 0 saturated carbocycles. The molecule has 0 bridgehead atoms. The highest BCUT2D eigenvalue weighted by Gasteiger charge is 2.38. The highest BCUT2D eigenvalue weighted by molar-refractivity contribution is 5.68. The first-order valence-corrected chi connectivity index (χ1v) is 5.05. The lowest BCUT2D eigenvalue weighted by Crippen LogP contribution is -2.32. The molecule has 0 aromatic carbocycles. The highest BCUT2D eigenvalue weighted by atomic mass is 16.4. The van der Waals surface area contributed by atoms with E-state index in [2.05, 4.69) is 0 Å². The van der Waals surface area contributed by atoms with Crippen molar-refractivity contribution in [3.8, 4) is 0 Å². The quantitative estimate of drug-likeness (QED) is 0.777. The Labute approximate surface area is 87.5 Å². The maximum absolute atomic E-state index is 10.7. The monoisotopic (exact) mass is 210 g/mol. The highest BCUT2D eigenvalue weighted by Crippen LogP contribution is 2.39. The van der Waals surface area contributed by atoms with Crippen LogP contribution in [0.1, 0.15) is 36.3 Å². The van der Waals surface area contributed by atoms with Gasteiger partial charge in [-0.1, -0.05) is 0 Å². The lowest BCUT2D eigenvalue weighted by Gasteiger charge is -2.29. The minimum absolute atomic E-state index is 0.251. The smallest absolute Gasteiger partial charge is 0.306 e. The van der Waals surface area contributed by atoms with Crippen molar-refractivity contribution in [2.45, 2.75) is 38.2 Å². The zero-order valence-electron chi connectivity index (χ0n) is 8.62. The van der Waals surface area contributed by atoms with Crippen molar-refractivity contribution in [2.75, 3.05) is 0 Å². The lowest BCUT2D eigenvalue weighted by molar-refractivity contribution is -0.143. The molecule has 1 aromatic heterocycles. The van der Waals surface area contributed by atoms with Crippen molar-refractivity contribution in [3.05, 3.63) is 23.2 Å². The minimum Gasteiger partial charge on any atom is -0.481 e. The summed E-state index contributed by atoms with van der Waals surface area (Å²) in [4.78, 5) is 10.7. The van der Waals surface area contributed by atoms with Crippen molar-refractivity contribution in [3.63, 3.8) is 0 Å². The normalized spacial score (nSPS) is 24.9. The Hall–Kier alpha value is -1.29. The van der Waals surface area contributed by atoms with E-state index in [1.54, 1.807) is 13.0 Å². The molecule has 0 amide bonds. The number of furan rings is 1. The van der Waals surface area contributed by atoms with Gasteiger partial charge in [-0.3, -0.25) is 4.79 Å². The molecule has 0 spiro atoms. The summed E-state index contributed by atoms with van der Waals surface area (Å²) >= 11 is 0. The van der Waals surface area contributed by atoms with E-state index in [0.29, 0.717) is 12.0 Å². The number of carbonyl (C=O) groups is 1. The zero-order chi connectivity index (χ0) is 11.1. The van der Waals surface area contributed by atoms with Gasteiger partial charge >= 0.3 is 5.97 Å². The van der Waals surface area contributed by atoms with Crippen LogP contribution >= 0.6 is 0 Å². The molecule has 1 heterocycles. The molecule has 0 saturated heterocycles. The van der Waals surface area contributed by atoms with Crippen molar-refractivity contribution in [1.29, 1.82) is 0 Å². The van der Waals surface area contributed by atoms with Crippen LogP contribution in [0, 0.1) is 6.92 Å². The third-order valence-electron chi connectivity index (χ3n) is 2.87. The molecule has 4 heteroatoms. The summed E-state index contributed by atoms with van der Waals surface area (Å²) in [7, 11) is 0. The van der Waals surface area contributed by atoms with Crippen molar-refractivity contribution in [1.82, 2.24) is 0 Å². The maximum atomic E-state index is 10.7. The molecule has 1 aliphatic carbocycles. The Morgan fingerprint density at radius 3 is 3.07 bits per heavy atom. The van der Waals surface area contributed by atoms with E-state index in [4.69, 9.17) is 9.52 Å². The van der Waals surface area contributed by atoms with Crippen LogP contribution < -0.4 is 0 Å². The molecule has 15 heavy (non-hydrogen) atoms. The van der Waals surface area contributed by atoms with E-state index in [1.807, 2.05) is 0 Å². The van der Waals surface area contributed by atoms with Crippen LogP contribution in [-0.4, -0.2) is 16.2 Å². The van der Waals surface area contributed by atoms with Gasteiger partial charge in [-0.05, 0) is 25.8 Å². The van der Waals surface area contributed by atoms with Crippen molar-refractivity contribution >= 4 is 5.97 Å². The third kappa shape index (κ3) is 1.77. The summed E-state index contributed by atoms with van der Waals surface area (Å²) < 4.78 is 5.43. The first kappa shape index (κ1) is 10.2. The lowest BCUT2D eigenvalue weighted by atomic mass is 9.80. The Kier molecular flexibility index (Phi) is 2.31. The zero-order valence-corrected chi connectivity index (χ0v) is 8.62. The number of hydrogen-bond donors (Lipinski definition) is 2. The van der Waals surface area contributed by atoms with Crippen molar-refractivity contribution in [2.24, 2.45) is 0 Å². The second-order valence-corrected chi connectivity index (χ2v) is 4.15. The molecule has 1 aromatic rings. The van der Waals surface area contributed by atoms with E-state index in [0.717, 1.165) is 24.4 Å². The predicted molar refractivity (Wildman–Crippen MR) is 52.5 cm³/mol. The number of aliphatic carboxylic acids is 1. The predicted octanol–water partition coefficient (Wildman–Crippen LogP) is 1.59. The van der Waals surface area contributed by atoms with E-state index in [1.165, 1.54) is 0 Å². The molecule has 1 aliphatic rings. The van der Waals surface area contributed by atoms with Gasteiger partial charge in [0.25, 0.3) is 0 Å². The van der Waals surface area contributed by atoms with Gasteiger partial charge in [0.15, 0.2) is 0 Å². The fraction of sp³-hybridized carbons (Fsp3) is 0.545. The van der Waals surface area contributed by atoms with Gasteiger partial charge in [-0.2, -0.15) is 0 Å². The summed E-state index contributed by atoms with van der Waals surface area (Å²) in [6.45, 7) is 1.81. The molecule has 82 valence electrons.